The number of allylic oxidation sites excluding steroid dienone is 3. The van der Waals surface area contributed by atoms with Crippen molar-refractivity contribution in [1.82, 2.24) is 0 Å². The quantitative estimate of drug-likeness (QED) is 0.367. The molecule has 0 aliphatic heterocycles. The van der Waals surface area contributed by atoms with Gasteiger partial charge in [0.1, 0.15) is 5.75 Å². The smallest absolute Gasteiger partial charge is 0.130 e. The van der Waals surface area contributed by atoms with Crippen molar-refractivity contribution in [3.63, 3.8) is 0 Å². The van der Waals surface area contributed by atoms with Gasteiger partial charge in [-0.2, -0.15) is 0 Å². The van der Waals surface area contributed by atoms with Crippen LogP contribution in [-0.4, -0.2) is 19.9 Å². The number of nitrogens with zero attached hydrogens (tertiary/aromatic N) is 1. The van der Waals surface area contributed by atoms with Gasteiger partial charge >= 0.3 is 0 Å². The Bertz CT molecular complexity index is 1020. The molecule has 3 heteroatoms. The van der Waals surface area contributed by atoms with E-state index in [1.54, 1.807) is 0 Å². The van der Waals surface area contributed by atoms with Crippen molar-refractivity contribution in [3.05, 3.63) is 77.4 Å². The number of benzene rings is 2. The summed E-state index contributed by atoms with van der Waals surface area (Å²) in [5, 5.41) is 2.59. The van der Waals surface area contributed by atoms with Crippen LogP contribution >= 0.6 is 8.58 Å². The van der Waals surface area contributed by atoms with Gasteiger partial charge in [-0.1, -0.05) is 105 Å². The second-order valence-electron chi connectivity index (χ2n) is 10.6. The molecule has 0 aromatic heterocycles. The van der Waals surface area contributed by atoms with Gasteiger partial charge in [-0.05, 0) is 39.7 Å². The Morgan fingerprint density at radius 3 is 2.38 bits per heavy atom. The Morgan fingerprint density at radius 1 is 1.00 bits per heavy atom. The highest BCUT2D eigenvalue weighted by molar-refractivity contribution is 7.56. The van der Waals surface area contributed by atoms with E-state index in [1.807, 2.05) is 13.3 Å². The van der Waals surface area contributed by atoms with E-state index in [4.69, 9.17) is 4.74 Å². The molecule has 2 aromatic carbocycles. The average molecular weight is 448 g/mol. The maximum absolute atomic E-state index is 6.66. The SMILES string of the molecule is CN=Cc1ccccc1Pc1cc(C(C)(C)C)cc(C(C)(C)C)c1OCC1C=CC=CC1. The maximum Gasteiger partial charge on any atom is 0.130 e. The number of hydrogen-bond donors (Lipinski definition) is 0. The highest BCUT2D eigenvalue weighted by atomic mass is 31.1. The van der Waals surface area contributed by atoms with Gasteiger partial charge in [0, 0.05) is 30.0 Å². The molecule has 0 radical (unpaired) electrons. The van der Waals surface area contributed by atoms with E-state index in [-0.39, 0.29) is 10.8 Å². The monoisotopic (exact) mass is 447 g/mol. The van der Waals surface area contributed by atoms with Gasteiger partial charge in [-0.3, -0.25) is 4.99 Å². The van der Waals surface area contributed by atoms with E-state index < -0.39 is 0 Å². The zero-order chi connectivity index (χ0) is 23.4. The summed E-state index contributed by atoms with van der Waals surface area (Å²) in [5.41, 5.74) is 3.89. The van der Waals surface area contributed by atoms with Crippen LogP contribution in [0.3, 0.4) is 0 Å². The third kappa shape index (κ3) is 6.20. The van der Waals surface area contributed by atoms with E-state index in [9.17, 15) is 0 Å². The summed E-state index contributed by atoms with van der Waals surface area (Å²) in [4.78, 5) is 4.28. The molecule has 2 atom stereocenters. The van der Waals surface area contributed by atoms with Crippen LogP contribution in [0.25, 0.3) is 0 Å². The third-order valence-corrected chi connectivity index (χ3v) is 7.14. The van der Waals surface area contributed by atoms with E-state index in [2.05, 4.69) is 107 Å². The molecule has 0 saturated carbocycles. The summed E-state index contributed by atoms with van der Waals surface area (Å²) in [6.45, 7) is 14.4. The van der Waals surface area contributed by atoms with Crippen molar-refractivity contribution in [2.45, 2.75) is 58.8 Å². The molecule has 0 spiro atoms. The Kier molecular flexibility index (Phi) is 7.78. The lowest BCUT2D eigenvalue weighted by Crippen LogP contribution is -2.24. The first-order valence-corrected chi connectivity index (χ1v) is 12.5. The van der Waals surface area contributed by atoms with Gasteiger partial charge in [0.15, 0.2) is 0 Å². The topological polar surface area (TPSA) is 21.6 Å². The van der Waals surface area contributed by atoms with Crippen LogP contribution in [0.1, 0.15) is 64.7 Å². The fraction of sp³-hybridized carbons (Fsp3) is 0.414. The molecule has 1 aliphatic carbocycles. The van der Waals surface area contributed by atoms with Crippen LogP contribution in [0.15, 0.2) is 65.7 Å². The van der Waals surface area contributed by atoms with Crippen molar-refractivity contribution in [3.8, 4) is 5.75 Å². The second kappa shape index (κ2) is 10.2. The molecule has 2 nitrogen and oxygen atoms in total. The summed E-state index contributed by atoms with van der Waals surface area (Å²) < 4.78 is 6.66. The van der Waals surface area contributed by atoms with Crippen LogP contribution in [0, 0.1) is 5.92 Å². The standard InChI is InChI=1S/C29H38NOP/c1-28(2,3)23-17-24(29(4,5)6)27(31-20-21-13-9-8-10-14-21)26(18-23)32-25-16-12-11-15-22(25)19-30-7/h8-13,15-19,21,32H,14,20H2,1-7H3. The first-order valence-electron chi connectivity index (χ1n) is 11.5. The van der Waals surface area contributed by atoms with Crippen molar-refractivity contribution in [2.24, 2.45) is 10.9 Å². The lowest BCUT2D eigenvalue weighted by atomic mass is 9.80. The predicted octanol–water partition coefficient (Wildman–Crippen LogP) is 6.47. The van der Waals surface area contributed by atoms with Crippen LogP contribution in [0.4, 0.5) is 0 Å². The summed E-state index contributed by atoms with van der Waals surface area (Å²) in [5.74, 6) is 1.49. The molecule has 0 N–H and O–H groups in total. The largest absolute Gasteiger partial charge is 0.492 e. The molecule has 0 heterocycles. The summed E-state index contributed by atoms with van der Waals surface area (Å²) in [6.07, 6.45) is 11.7. The number of hydrogen-bond acceptors (Lipinski definition) is 2. The number of rotatable bonds is 6. The molecule has 170 valence electrons. The van der Waals surface area contributed by atoms with E-state index >= 15 is 0 Å². The van der Waals surface area contributed by atoms with Crippen LogP contribution in [0.5, 0.6) is 5.75 Å². The minimum atomic E-state index is -0.0114. The van der Waals surface area contributed by atoms with Crippen molar-refractivity contribution >= 4 is 25.4 Å². The van der Waals surface area contributed by atoms with Crippen LogP contribution < -0.4 is 15.3 Å². The van der Waals surface area contributed by atoms with Gasteiger partial charge in [-0.25, -0.2) is 0 Å². The molecule has 2 aromatic rings. The minimum absolute atomic E-state index is 0.0114. The highest BCUT2D eigenvalue weighted by Gasteiger charge is 2.27. The van der Waals surface area contributed by atoms with Crippen LogP contribution in [-0.2, 0) is 10.8 Å². The minimum Gasteiger partial charge on any atom is -0.492 e. The Labute approximate surface area is 196 Å². The lowest BCUT2D eigenvalue weighted by Gasteiger charge is -2.30. The van der Waals surface area contributed by atoms with Crippen molar-refractivity contribution < 1.29 is 4.74 Å². The van der Waals surface area contributed by atoms with Gasteiger partial charge in [0.25, 0.3) is 0 Å². The summed E-state index contributed by atoms with van der Waals surface area (Å²) in [7, 11) is 2.34. The van der Waals surface area contributed by atoms with Gasteiger partial charge in [0.05, 0.1) is 6.61 Å². The molecule has 32 heavy (non-hydrogen) atoms. The predicted molar refractivity (Wildman–Crippen MR) is 143 cm³/mol. The zero-order valence-corrected chi connectivity index (χ0v) is 21.7. The van der Waals surface area contributed by atoms with Crippen LogP contribution in [0.2, 0.25) is 0 Å². The molecular formula is C29H38NOP. The molecule has 2 unspecified atom stereocenters. The van der Waals surface area contributed by atoms with Gasteiger partial charge in [-0.15, -0.1) is 0 Å². The number of aliphatic imine (C=N–C) groups is 1. The maximum atomic E-state index is 6.66. The first kappa shape index (κ1) is 24.5. The molecule has 1 aliphatic rings. The Balaban J connectivity index is 2.11. The normalized spacial score (nSPS) is 17.0. The lowest BCUT2D eigenvalue weighted by molar-refractivity contribution is 0.271. The molecule has 0 fully saturated rings. The molecular weight excluding hydrogens is 409 g/mol. The van der Waals surface area contributed by atoms with Crippen molar-refractivity contribution in [1.29, 1.82) is 0 Å². The first-order chi connectivity index (χ1) is 15.1. The molecule has 0 saturated heterocycles. The fourth-order valence-corrected chi connectivity index (χ4v) is 5.13. The zero-order valence-electron chi connectivity index (χ0n) is 20.7. The molecule has 3 rings (SSSR count). The van der Waals surface area contributed by atoms with E-state index in [0.29, 0.717) is 21.1 Å². The van der Waals surface area contributed by atoms with Crippen molar-refractivity contribution in [2.75, 3.05) is 13.7 Å². The highest BCUT2D eigenvalue weighted by Crippen LogP contribution is 2.37. The number of ether oxygens (including phenoxy) is 1. The summed E-state index contributed by atoms with van der Waals surface area (Å²) >= 11 is 0. The summed E-state index contributed by atoms with van der Waals surface area (Å²) in [6, 6.07) is 13.3. The fourth-order valence-electron chi connectivity index (χ4n) is 3.82. The molecule has 0 bridgehead atoms. The van der Waals surface area contributed by atoms with E-state index in [1.165, 1.54) is 27.3 Å². The van der Waals surface area contributed by atoms with E-state index in [0.717, 1.165) is 12.2 Å². The molecule has 0 amide bonds. The average Bonchev–Trinajstić information content (AvgIpc) is 2.73. The van der Waals surface area contributed by atoms with Gasteiger partial charge < -0.3 is 4.74 Å². The Morgan fingerprint density at radius 2 is 1.75 bits per heavy atom. The Hall–Kier alpha value is -2.18. The van der Waals surface area contributed by atoms with Gasteiger partial charge in [0.2, 0.25) is 0 Å². The second-order valence-corrected chi connectivity index (χ2v) is 11.9. The third-order valence-electron chi connectivity index (χ3n) is 5.77.